The van der Waals surface area contributed by atoms with Crippen molar-refractivity contribution in [2.45, 2.75) is 70.7 Å². The minimum atomic E-state index is -3.54. The molecule has 10 nitrogen and oxygen atoms in total. The van der Waals surface area contributed by atoms with E-state index in [0.29, 0.717) is 57.1 Å². The van der Waals surface area contributed by atoms with Gasteiger partial charge in [0, 0.05) is 56.8 Å². The lowest BCUT2D eigenvalue weighted by Gasteiger charge is -2.36. The van der Waals surface area contributed by atoms with E-state index in [1.54, 1.807) is 4.68 Å². The van der Waals surface area contributed by atoms with Crippen LogP contribution in [0.4, 0.5) is 0 Å². The third-order valence-corrected chi connectivity index (χ3v) is 10.3. The van der Waals surface area contributed by atoms with Crippen LogP contribution in [0, 0.1) is 10.8 Å². The molecule has 0 unspecified atom stereocenters. The number of esters is 1. The number of benzene rings is 1. The molecule has 40 heavy (non-hydrogen) atoms. The van der Waals surface area contributed by atoms with Gasteiger partial charge in [0.05, 0.1) is 22.8 Å². The average molecular weight is 573 g/mol. The molecule has 1 amide bonds. The van der Waals surface area contributed by atoms with E-state index in [2.05, 4.69) is 5.32 Å². The number of aryl methyl sites for hydroxylation is 1. The van der Waals surface area contributed by atoms with Gasteiger partial charge < -0.3 is 14.8 Å². The summed E-state index contributed by atoms with van der Waals surface area (Å²) in [5.74, 6) is -0.588. The molecule has 11 heteroatoms. The molecule has 1 aromatic carbocycles. The molecule has 2 saturated heterocycles. The molecule has 3 aliphatic heterocycles. The lowest BCUT2D eigenvalue weighted by molar-refractivity contribution is 0.0159. The van der Waals surface area contributed by atoms with E-state index in [1.807, 2.05) is 20.8 Å². The van der Waals surface area contributed by atoms with Gasteiger partial charge in [0.1, 0.15) is 5.69 Å². The standard InChI is InChI=1S/C29H40N4O6S/c1-4-33-25-23(17-29(19-30-26(25)34)11-15-38-16-12-29)24(31-33)18-28(2,3)20-39-27(35)21-7-9-22(10-8-21)40(36,37)32-13-5-6-14-32/h7-10H,4-6,11-20H2,1-3H3,(H,30,34). The minimum Gasteiger partial charge on any atom is -0.462 e. The van der Waals surface area contributed by atoms with Gasteiger partial charge in [-0.25, -0.2) is 13.2 Å². The first-order valence-corrected chi connectivity index (χ1v) is 15.7. The lowest BCUT2D eigenvalue weighted by atomic mass is 9.74. The number of hydrogen-bond acceptors (Lipinski definition) is 7. The van der Waals surface area contributed by atoms with Crippen LogP contribution in [0.1, 0.15) is 78.6 Å². The summed E-state index contributed by atoms with van der Waals surface area (Å²) in [6, 6.07) is 5.96. The minimum absolute atomic E-state index is 0.0411. The second-order valence-corrected chi connectivity index (χ2v) is 14.1. The maximum absolute atomic E-state index is 13.1. The third-order valence-electron chi connectivity index (χ3n) is 8.41. The van der Waals surface area contributed by atoms with E-state index in [4.69, 9.17) is 14.6 Å². The van der Waals surface area contributed by atoms with Crippen LogP contribution in [0.2, 0.25) is 0 Å². The number of ether oxygens (including phenoxy) is 2. The van der Waals surface area contributed by atoms with Crippen LogP contribution in [0.5, 0.6) is 0 Å². The Morgan fingerprint density at radius 2 is 1.82 bits per heavy atom. The van der Waals surface area contributed by atoms with Crippen molar-refractivity contribution in [3.8, 4) is 0 Å². The quantitative estimate of drug-likeness (QED) is 0.483. The summed E-state index contributed by atoms with van der Waals surface area (Å²) in [4.78, 5) is 26.2. The van der Waals surface area contributed by atoms with Crippen molar-refractivity contribution in [3.05, 3.63) is 46.8 Å². The molecule has 218 valence electrons. The fourth-order valence-corrected chi connectivity index (χ4v) is 7.51. The van der Waals surface area contributed by atoms with Crippen molar-refractivity contribution >= 4 is 21.9 Å². The average Bonchev–Trinajstić information content (AvgIpc) is 3.57. The highest BCUT2D eigenvalue weighted by molar-refractivity contribution is 7.89. The summed E-state index contributed by atoms with van der Waals surface area (Å²) < 4.78 is 40.1. The molecular formula is C29H40N4O6S. The molecule has 1 aromatic heterocycles. The number of sulfonamides is 1. The van der Waals surface area contributed by atoms with Gasteiger partial charge in [0.25, 0.3) is 5.91 Å². The van der Waals surface area contributed by atoms with Crippen LogP contribution in [0.3, 0.4) is 0 Å². The molecular weight excluding hydrogens is 532 g/mol. The number of hydrogen-bond donors (Lipinski definition) is 1. The van der Waals surface area contributed by atoms with Crippen molar-refractivity contribution in [1.82, 2.24) is 19.4 Å². The topological polar surface area (TPSA) is 120 Å². The second-order valence-electron chi connectivity index (χ2n) is 12.1. The first-order valence-electron chi connectivity index (χ1n) is 14.3. The van der Waals surface area contributed by atoms with Crippen molar-refractivity contribution < 1.29 is 27.5 Å². The molecule has 0 radical (unpaired) electrons. The zero-order valence-electron chi connectivity index (χ0n) is 23.7. The maximum atomic E-state index is 13.1. The van der Waals surface area contributed by atoms with Gasteiger partial charge in [-0.05, 0) is 68.7 Å². The number of aromatic nitrogens is 2. The predicted molar refractivity (Wildman–Crippen MR) is 149 cm³/mol. The molecule has 0 aliphatic carbocycles. The Kier molecular flexibility index (Phi) is 8.09. The van der Waals surface area contributed by atoms with Crippen LogP contribution in [-0.4, -0.2) is 73.8 Å². The van der Waals surface area contributed by atoms with Gasteiger partial charge in [-0.3, -0.25) is 9.48 Å². The Morgan fingerprint density at radius 1 is 1.15 bits per heavy atom. The summed E-state index contributed by atoms with van der Waals surface area (Å²) in [5, 5.41) is 7.97. The molecule has 0 saturated carbocycles. The molecule has 5 rings (SSSR count). The molecule has 1 spiro atoms. The van der Waals surface area contributed by atoms with Crippen molar-refractivity contribution in [2.75, 3.05) is 39.5 Å². The second kappa shape index (κ2) is 11.3. The molecule has 1 N–H and O–H groups in total. The Hall–Kier alpha value is -2.76. The molecule has 2 fully saturated rings. The normalized spacial score (nSPS) is 19.7. The van der Waals surface area contributed by atoms with Crippen molar-refractivity contribution in [1.29, 1.82) is 0 Å². The summed E-state index contributed by atoms with van der Waals surface area (Å²) in [7, 11) is -3.54. The van der Waals surface area contributed by atoms with Gasteiger partial charge in [0.2, 0.25) is 10.0 Å². The van der Waals surface area contributed by atoms with Crippen LogP contribution in [-0.2, 0) is 38.9 Å². The fourth-order valence-electron chi connectivity index (χ4n) is 6.00. The Labute approximate surface area is 236 Å². The van der Waals surface area contributed by atoms with Gasteiger partial charge in [-0.15, -0.1) is 0 Å². The van der Waals surface area contributed by atoms with Crippen molar-refractivity contribution in [2.24, 2.45) is 10.8 Å². The van der Waals surface area contributed by atoms with Gasteiger partial charge >= 0.3 is 5.97 Å². The first kappa shape index (κ1) is 28.8. The Bertz CT molecular complexity index is 1350. The lowest BCUT2D eigenvalue weighted by Crippen LogP contribution is -2.40. The highest BCUT2D eigenvalue weighted by Crippen LogP contribution is 2.39. The van der Waals surface area contributed by atoms with Gasteiger partial charge in [-0.1, -0.05) is 13.8 Å². The highest BCUT2D eigenvalue weighted by atomic mass is 32.2. The highest BCUT2D eigenvalue weighted by Gasteiger charge is 2.40. The molecule has 0 atom stereocenters. The number of amides is 1. The SMILES string of the molecule is CCn1nc(CC(C)(C)COC(=O)c2ccc(S(=O)(=O)N3CCCC3)cc2)c2c1C(=O)NCC1(CCOCC1)C2. The number of nitrogens with zero attached hydrogens (tertiary/aromatic N) is 3. The smallest absolute Gasteiger partial charge is 0.338 e. The van der Waals surface area contributed by atoms with E-state index >= 15 is 0 Å². The van der Waals surface area contributed by atoms with Crippen LogP contribution < -0.4 is 5.32 Å². The number of carbonyl (C=O) groups excluding carboxylic acids is 2. The number of nitrogens with one attached hydrogen (secondary N) is 1. The van der Waals surface area contributed by atoms with Crippen LogP contribution in [0.25, 0.3) is 0 Å². The number of fused-ring (bicyclic) bond motifs is 1. The van der Waals surface area contributed by atoms with Crippen LogP contribution in [0.15, 0.2) is 29.2 Å². The van der Waals surface area contributed by atoms with Gasteiger partial charge in [-0.2, -0.15) is 9.40 Å². The molecule has 2 aromatic rings. The molecule has 3 aliphatic rings. The summed E-state index contributed by atoms with van der Waals surface area (Å²) >= 11 is 0. The summed E-state index contributed by atoms with van der Waals surface area (Å²) in [5.41, 5.74) is 2.32. The van der Waals surface area contributed by atoms with Gasteiger partial charge in [0.15, 0.2) is 0 Å². The van der Waals surface area contributed by atoms with E-state index in [-0.39, 0.29) is 22.8 Å². The maximum Gasteiger partial charge on any atom is 0.338 e. The zero-order chi connectivity index (χ0) is 28.5. The largest absolute Gasteiger partial charge is 0.462 e. The van der Waals surface area contributed by atoms with Crippen molar-refractivity contribution in [3.63, 3.8) is 0 Å². The van der Waals surface area contributed by atoms with E-state index < -0.39 is 21.4 Å². The summed E-state index contributed by atoms with van der Waals surface area (Å²) in [6.45, 7) is 9.82. The van der Waals surface area contributed by atoms with E-state index in [0.717, 1.165) is 43.4 Å². The zero-order valence-corrected chi connectivity index (χ0v) is 24.5. The summed E-state index contributed by atoms with van der Waals surface area (Å²) in [6.07, 6.45) is 4.82. The van der Waals surface area contributed by atoms with Crippen LogP contribution >= 0.6 is 0 Å². The van der Waals surface area contributed by atoms with E-state index in [1.165, 1.54) is 28.6 Å². The Morgan fingerprint density at radius 3 is 2.48 bits per heavy atom. The number of carbonyl (C=O) groups is 2. The Balaban J connectivity index is 1.28. The molecule has 4 heterocycles. The number of rotatable bonds is 8. The molecule has 0 bridgehead atoms. The fraction of sp³-hybridized carbons (Fsp3) is 0.621. The van der Waals surface area contributed by atoms with E-state index in [9.17, 15) is 18.0 Å². The third kappa shape index (κ3) is 5.82. The predicted octanol–water partition coefficient (Wildman–Crippen LogP) is 3.20. The monoisotopic (exact) mass is 572 g/mol. The first-order chi connectivity index (χ1) is 19.0.